The number of pyridine rings is 1. The predicted molar refractivity (Wildman–Crippen MR) is 130 cm³/mol. The highest BCUT2D eigenvalue weighted by molar-refractivity contribution is 5.77. The van der Waals surface area contributed by atoms with Gasteiger partial charge < -0.3 is 15.4 Å². The van der Waals surface area contributed by atoms with Crippen molar-refractivity contribution in [3.05, 3.63) is 64.2 Å². The second kappa shape index (κ2) is 8.25. The van der Waals surface area contributed by atoms with Crippen LogP contribution in [0.4, 0.5) is 11.6 Å². The van der Waals surface area contributed by atoms with E-state index in [1.807, 2.05) is 36.7 Å². The minimum absolute atomic E-state index is 0.000285. The van der Waals surface area contributed by atoms with Crippen molar-refractivity contribution in [1.82, 2.24) is 29.6 Å². The summed E-state index contributed by atoms with van der Waals surface area (Å²) < 4.78 is 9.48. The summed E-state index contributed by atoms with van der Waals surface area (Å²) >= 11 is 0. The maximum Gasteiger partial charge on any atom is 0.278 e. The van der Waals surface area contributed by atoms with Crippen molar-refractivity contribution in [1.29, 1.82) is 0 Å². The first-order valence-electron chi connectivity index (χ1n) is 11.8. The zero-order chi connectivity index (χ0) is 23.2. The van der Waals surface area contributed by atoms with Crippen molar-refractivity contribution in [2.45, 2.75) is 51.8 Å². The molecule has 0 spiro atoms. The van der Waals surface area contributed by atoms with E-state index in [4.69, 9.17) is 9.72 Å². The van der Waals surface area contributed by atoms with E-state index in [0.29, 0.717) is 22.9 Å². The van der Waals surface area contributed by atoms with Crippen LogP contribution in [-0.4, -0.2) is 37.0 Å². The molecule has 0 atom stereocenters. The summed E-state index contributed by atoms with van der Waals surface area (Å²) in [7, 11) is 0. The molecule has 0 saturated heterocycles. The molecule has 3 aromatic heterocycles. The van der Waals surface area contributed by atoms with Crippen molar-refractivity contribution < 1.29 is 4.74 Å². The fourth-order valence-electron chi connectivity index (χ4n) is 4.48. The molecule has 9 heteroatoms. The normalized spacial score (nSPS) is 15.5. The number of hydrogen-bond donors (Lipinski definition) is 2. The van der Waals surface area contributed by atoms with E-state index >= 15 is 0 Å². The third-order valence-electron chi connectivity index (χ3n) is 6.18. The third kappa shape index (κ3) is 3.81. The molecule has 2 N–H and O–H groups in total. The molecular formula is C25H27N7O2. The van der Waals surface area contributed by atoms with E-state index < -0.39 is 0 Å². The highest BCUT2D eigenvalue weighted by Crippen LogP contribution is 2.36. The lowest BCUT2D eigenvalue weighted by atomic mass is 10.0. The van der Waals surface area contributed by atoms with Gasteiger partial charge in [-0.05, 0) is 69.0 Å². The lowest BCUT2D eigenvalue weighted by Crippen LogP contribution is -2.23. The molecule has 1 aromatic carbocycles. The van der Waals surface area contributed by atoms with Gasteiger partial charge in [0, 0.05) is 30.7 Å². The number of benzene rings is 1. The summed E-state index contributed by atoms with van der Waals surface area (Å²) in [4.78, 5) is 26.9. The molecule has 1 saturated carbocycles. The van der Waals surface area contributed by atoms with Gasteiger partial charge in [-0.15, -0.1) is 0 Å². The largest absolute Gasteiger partial charge is 0.475 e. The summed E-state index contributed by atoms with van der Waals surface area (Å²) in [5.41, 5.74) is 4.87. The lowest BCUT2D eigenvalue weighted by Gasteiger charge is -2.18. The number of rotatable bonds is 6. The maximum atomic E-state index is 13.3. The fourth-order valence-corrected chi connectivity index (χ4v) is 4.48. The van der Waals surface area contributed by atoms with Gasteiger partial charge in [0.25, 0.3) is 5.56 Å². The number of nitrogens with one attached hydrogen (secondary N) is 2. The highest BCUT2D eigenvalue weighted by Gasteiger charge is 2.31. The molecule has 1 aliphatic carbocycles. The Morgan fingerprint density at radius 2 is 2.03 bits per heavy atom. The predicted octanol–water partition coefficient (Wildman–Crippen LogP) is 3.49. The van der Waals surface area contributed by atoms with Crippen molar-refractivity contribution in [2.75, 3.05) is 11.9 Å². The Morgan fingerprint density at radius 3 is 2.85 bits per heavy atom. The summed E-state index contributed by atoms with van der Waals surface area (Å²) in [6.45, 7) is 5.80. The van der Waals surface area contributed by atoms with Crippen LogP contribution < -0.4 is 20.9 Å². The molecule has 1 aliphatic heterocycles. The molecule has 174 valence electrons. The van der Waals surface area contributed by atoms with Gasteiger partial charge in [-0.3, -0.25) is 4.79 Å². The van der Waals surface area contributed by atoms with Crippen LogP contribution in [0, 0.1) is 0 Å². The second-order valence-corrected chi connectivity index (χ2v) is 9.18. The van der Waals surface area contributed by atoms with Gasteiger partial charge in [-0.25, -0.2) is 19.3 Å². The zero-order valence-electron chi connectivity index (χ0n) is 19.3. The number of anilines is 2. The Kier molecular flexibility index (Phi) is 5.06. The molecule has 0 unspecified atom stereocenters. The Morgan fingerprint density at radius 1 is 1.15 bits per heavy atom. The molecule has 4 heterocycles. The molecule has 6 rings (SSSR count). The first-order chi connectivity index (χ1) is 16.6. The van der Waals surface area contributed by atoms with Crippen LogP contribution in [0.25, 0.3) is 16.7 Å². The molecule has 34 heavy (non-hydrogen) atoms. The number of aromatic nitrogens is 5. The Bertz CT molecular complexity index is 1440. The summed E-state index contributed by atoms with van der Waals surface area (Å²) in [5, 5.41) is 7.22. The van der Waals surface area contributed by atoms with Crippen molar-refractivity contribution in [3.8, 4) is 11.6 Å². The van der Waals surface area contributed by atoms with Gasteiger partial charge in [0.15, 0.2) is 5.65 Å². The monoisotopic (exact) mass is 457 g/mol. The maximum absolute atomic E-state index is 13.3. The SMILES string of the molecule is CC(C)Oc1cc(-n2c3nc(Nc4ccc5c(c4)CCNC5)ncc3c(=O)n2C2CC2)ccn1. The molecular weight excluding hydrogens is 430 g/mol. The molecule has 0 radical (unpaired) electrons. The van der Waals surface area contributed by atoms with Crippen LogP contribution in [0.2, 0.25) is 0 Å². The summed E-state index contributed by atoms with van der Waals surface area (Å²) in [6.07, 6.45) is 6.26. The zero-order valence-corrected chi connectivity index (χ0v) is 19.3. The Hall–Kier alpha value is -3.72. The molecule has 0 amide bonds. The minimum atomic E-state index is -0.0755. The van der Waals surface area contributed by atoms with Crippen molar-refractivity contribution >= 4 is 22.7 Å². The van der Waals surface area contributed by atoms with Gasteiger partial charge in [-0.2, -0.15) is 4.98 Å². The lowest BCUT2D eigenvalue weighted by molar-refractivity contribution is 0.232. The van der Waals surface area contributed by atoms with Crippen LogP contribution in [0.1, 0.15) is 43.9 Å². The molecule has 1 fully saturated rings. The fraction of sp³-hybridized carbons (Fsp3) is 0.360. The average Bonchev–Trinajstić information content (AvgIpc) is 3.63. The summed E-state index contributed by atoms with van der Waals surface area (Å²) in [5.74, 6) is 0.968. The van der Waals surface area contributed by atoms with Crippen LogP contribution in [-0.2, 0) is 13.0 Å². The standard InChI is InChI=1S/C25H27N7O2/c1-15(2)34-22-12-20(8-10-27-22)31-23-21(24(33)32(31)19-5-6-19)14-28-25(30-23)29-18-4-3-17-13-26-9-7-16(17)11-18/h3-4,8,10-12,14-15,19,26H,5-7,9,13H2,1-2H3,(H,28,29,30). The van der Waals surface area contributed by atoms with Crippen LogP contribution in [0.3, 0.4) is 0 Å². The van der Waals surface area contributed by atoms with Crippen LogP contribution in [0.15, 0.2) is 47.5 Å². The smallest absolute Gasteiger partial charge is 0.278 e. The van der Waals surface area contributed by atoms with Gasteiger partial charge in [0.1, 0.15) is 5.39 Å². The summed E-state index contributed by atoms with van der Waals surface area (Å²) in [6, 6.07) is 10.2. The molecule has 0 bridgehead atoms. The highest BCUT2D eigenvalue weighted by atomic mass is 16.5. The first kappa shape index (κ1) is 20.9. The van der Waals surface area contributed by atoms with Crippen LogP contribution >= 0.6 is 0 Å². The third-order valence-corrected chi connectivity index (χ3v) is 6.18. The number of ether oxygens (including phenoxy) is 1. The van der Waals surface area contributed by atoms with E-state index in [2.05, 4.69) is 32.7 Å². The average molecular weight is 458 g/mol. The topological polar surface area (TPSA) is 98.9 Å². The number of fused-ring (bicyclic) bond motifs is 2. The van der Waals surface area contributed by atoms with Gasteiger partial charge in [0.2, 0.25) is 11.8 Å². The minimum Gasteiger partial charge on any atom is -0.475 e. The van der Waals surface area contributed by atoms with Crippen molar-refractivity contribution in [3.63, 3.8) is 0 Å². The number of nitrogens with zero attached hydrogens (tertiary/aromatic N) is 5. The van der Waals surface area contributed by atoms with Gasteiger partial charge >= 0.3 is 0 Å². The Labute approximate surface area is 196 Å². The van der Waals surface area contributed by atoms with E-state index in [9.17, 15) is 4.79 Å². The molecule has 9 nitrogen and oxygen atoms in total. The first-order valence-corrected chi connectivity index (χ1v) is 11.8. The molecule has 2 aliphatic rings. The molecule has 4 aromatic rings. The van der Waals surface area contributed by atoms with E-state index in [1.54, 1.807) is 17.1 Å². The van der Waals surface area contributed by atoms with Crippen molar-refractivity contribution in [2.24, 2.45) is 0 Å². The van der Waals surface area contributed by atoms with E-state index in [0.717, 1.165) is 43.7 Å². The second-order valence-electron chi connectivity index (χ2n) is 9.18. The van der Waals surface area contributed by atoms with Gasteiger partial charge in [0.05, 0.1) is 17.8 Å². The van der Waals surface area contributed by atoms with Crippen LogP contribution in [0.5, 0.6) is 5.88 Å². The van der Waals surface area contributed by atoms with Gasteiger partial charge in [-0.1, -0.05) is 6.07 Å². The Balaban J connectivity index is 1.44. The van der Waals surface area contributed by atoms with E-state index in [-0.39, 0.29) is 17.7 Å². The van der Waals surface area contributed by atoms with E-state index in [1.165, 1.54) is 11.1 Å². The quantitative estimate of drug-likeness (QED) is 0.457. The number of hydrogen-bond acceptors (Lipinski definition) is 7.